The highest BCUT2D eigenvalue weighted by molar-refractivity contribution is 6.27. The summed E-state index contributed by atoms with van der Waals surface area (Å²) in [5.74, 6) is 0.308. The summed E-state index contributed by atoms with van der Waals surface area (Å²) in [5.41, 5.74) is 0.808. The molecule has 0 N–H and O–H groups in total. The fourth-order valence-electron chi connectivity index (χ4n) is 0.936. The number of benzene rings is 1. The molecule has 0 aromatic heterocycles. The Balaban J connectivity index is 2.86. The van der Waals surface area contributed by atoms with Crippen molar-refractivity contribution < 1.29 is 4.79 Å². The molecule has 1 unspecified atom stereocenters. The zero-order valence-electron chi connectivity index (χ0n) is 6.87. The van der Waals surface area contributed by atoms with Gasteiger partial charge >= 0.3 is 0 Å². The summed E-state index contributed by atoms with van der Waals surface area (Å²) in [7, 11) is 1.91. The molecule has 1 rings (SSSR count). The van der Waals surface area contributed by atoms with Crippen LogP contribution in [0.2, 0.25) is 5.82 Å². The maximum Gasteiger partial charge on any atom is 0.157 e. The van der Waals surface area contributed by atoms with Crippen molar-refractivity contribution in [2.75, 3.05) is 0 Å². The third-order valence-electron chi connectivity index (χ3n) is 1.58. The second kappa shape index (κ2) is 3.38. The van der Waals surface area contributed by atoms with Crippen molar-refractivity contribution >= 4 is 13.6 Å². The molecular formula is C9H11BO. The molecule has 1 aromatic rings. The minimum atomic E-state index is 0.0948. The first-order valence-corrected chi connectivity index (χ1v) is 3.81. The minimum Gasteiger partial charge on any atom is -0.295 e. The van der Waals surface area contributed by atoms with E-state index in [9.17, 15) is 4.79 Å². The zero-order chi connectivity index (χ0) is 8.27. The van der Waals surface area contributed by atoms with Crippen LogP contribution in [0.15, 0.2) is 30.3 Å². The van der Waals surface area contributed by atoms with E-state index in [0.29, 0.717) is 0 Å². The Morgan fingerprint density at radius 2 is 1.91 bits per heavy atom. The Morgan fingerprint density at radius 1 is 1.36 bits per heavy atom. The van der Waals surface area contributed by atoms with Gasteiger partial charge in [0.1, 0.15) is 7.85 Å². The fraction of sp³-hybridized carbons (Fsp3) is 0.222. The molecule has 0 heterocycles. The van der Waals surface area contributed by atoms with Gasteiger partial charge in [0, 0.05) is 5.56 Å². The molecule has 0 saturated heterocycles. The van der Waals surface area contributed by atoms with Crippen molar-refractivity contribution in [2.45, 2.75) is 12.7 Å². The summed E-state index contributed by atoms with van der Waals surface area (Å²) in [6.45, 7) is 1.91. The number of hydrogen-bond acceptors (Lipinski definition) is 1. The average molecular weight is 146 g/mol. The summed E-state index contributed by atoms with van der Waals surface area (Å²) < 4.78 is 0. The van der Waals surface area contributed by atoms with Gasteiger partial charge in [-0.3, -0.25) is 4.79 Å². The number of Topliss-reactive ketones (excluding diaryl/α,β-unsaturated/α-hetero) is 1. The molecule has 11 heavy (non-hydrogen) atoms. The molecule has 0 aliphatic carbocycles. The standard InChI is InChI=1S/C9H11BO/c1-7(10)9(11)8-5-3-2-4-6-8/h2-7H,10H2,1H3. The minimum absolute atomic E-state index is 0.0948. The smallest absolute Gasteiger partial charge is 0.157 e. The van der Waals surface area contributed by atoms with Crippen LogP contribution < -0.4 is 0 Å². The van der Waals surface area contributed by atoms with E-state index in [1.165, 1.54) is 0 Å². The van der Waals surface area contributed by atoms with Crippen LogP contribution in [0.25, 0.3) is 0 Å². The summed E-state index contributed by atoms with van der Waals surface area (Å²) in [4.78, 5) is 11.3. The van der Waals surface area contributed by atoms with Crippen molar-refractivity contribution in [1.82, 2.24) is 0 Å². The van der Waals surface area contributed by atoms with Crippen molar-refractivity contribution in [3.05, 3.63) is 35.9 Å². The van der Waals surface area contributed by atoms with E-state index >= 15 is 0 Å². The maximum absolute atomic E-state index is 11.3. The van der Waals surface area contributed by atoms with E-state index < -0.39 is 0 Å². The highest BCUT2D eigenvalue weighted by atomic mass is 16.1. The molecule has 56 valence electrons. The Morgan fingerprint density at radius 3 is 2.36 bits per heavy atom. The van der Waals surface area contributed by atoms with Crippen LogP contribution in [0.3, 0.4) is 0 Å². The quantitative estimate of drug-likeness (QED) is 0.454. The number of carbonyl (C=O) groups is 1. The second-order valence-corrected chi connectivity index (χ2v) is 2.88. The lowest BCUT2D eigenvalue weighted by atomic mass is 9.83. The predicted octanol–water partition coefficient (Wildman–Crippen LogP) is 1.31. The summed E-state index contributed by atoms with van der Waals surface area (Å²) in [6, 6.07) is 9.38. The molecule has 1 aromatic carbocycles. The van der Waals surface area contributed by atoms with Gasteiger partial charge < -0.3 is 0 Å². The average Bonchev–Trinajstić information content (AvgIpc) is 2.05. The molecule has 0 bridgehead atoms. The number of rotatable bonds is 2. The number of carbonyl (C=O) groups excluding carboxylic acids is 1. The largest absolute Gasteiger partial charge is 0.295 e. The molecule has 0 amide bonds. The van der Waals surface area contributed by atoms with E-state index in [2.05, 4.69) is 0 Å². The highest BCUT2D eigenvalue weighted by Gasteiger charge is 2.08. The lowest BCUT2D eigenvalue weighted by molar-refractivity contribution is 0.0989. The monoisotopic (exact) mass is 146 g/mol. The predicted molar refractivity (Wildman–Crippen MR) is 48.7 cm³/mol. The molecule has 2 heteroatoms. The van der Waals surface area contributed by atoms with Crippen LogP contribution in [0.1, 0.15) is 17.3 Å². The van der Waals surface area contributed by atoms with Gasteiger partial charge in [0.15, 0.2) is 5.78 Å². The normalized spacial score (nSPS) is 12.5. The Hall–Kier alpha value is -1.05. The van der Waals surface area contributed by atoms with Gasteiger partial charge in [-0.15, -0.1) is 0 Å². The van der Waals surface area contributed by atoms with Gasteiger partial charge in [0.2, 0.25) is 0 Å². The van der Waals surface area contributed by atoms with Crippen molar-refractivity contribution in [3.63, 3.8) is 0 Å². The van der Waals surface area contributed by atoms with Gasteiger partial charge in [0.25, 0.3) is 0 Å². The molecule has 0 spiro atoms. The van der Waals surface area contributed by atoms with E-state index in [1.807, 2.05) is 45.1 Å². The van der Waals surface area contributed by atoms with E-state index in [-0.39, 0.29) is 11.6 Å². The Kier molecular flexibility index (Phi) is 2.47. The molecule has 0 aliphatic rings. The van der Waals surface area contributed by atoms with Crippen LogP contribution in [-0.2, 0) is 0 Å². The number of ketones is 1. The van der Waals surface area contributed by atoms with Crippen LogP contribution in [0.5, 0.6) is 0 Å². The highest BCUT2D eigenvalue weighted by Crippen LogP contribution is 2.08. The SMILES string of the molecule is BC(C)C(=O)c1ccccc1. The molecule has 0 fully saturated rings. The third kappa shape index (κ3) is 1.94. The first kappa shape index (κ1) is 8.06. The maximum atomic E-state index is 11.3. The molecule has 0 radical (unpaired) electrons. The van der Waals surface area contributed by atoms with Gasteiger partial charge in [0.05, 0.1) is 0 Å². The Bertz CT molecular complexity index is 241. The van der Waals surface area contributed by atoms with Gasteiger partial charge in [-0.05, 0) is 5.82 Å². The second-order valence-electron chi connectivity index (χ2n) is 2.88. The molecule has 0 aliphatic heterocycles. The van der Waals surface area contributed by atoms with Crippen LogP contribution in [0.4, 0.5) is 0 Å². The van der Waals surface area contributed by atoms with Crippen LogP contribution in [0, 0.1) is 0 Å². The Labute approximate surface area is 67.8 Å². The lowest BCUT2D eigenvalue weighted by Crippen LogP contribution is -2.04. The third-order valence-corrected chi connectivity index (χ3v) is 1.58. The first-order chi connectivity index (χ1) is 5.22. The summed E-state index contributed by atoms with van der Waals surface area (Å²) in [6.07, 6.45) is 0. The van der Waals surface area contributed by atoms with Crippen molar-refractivity contribution in [3.8, 4) is 0 Å². The van der Waals surface area contributed by atoms with Crippen molar-refractivity contribution in [1.29, 1.82) is 0 Å². The fourth-order valence-corrected chi connectivity index (χ4v) is 0.936. The molecule has 1 atom stereocenters. The number of hydrogen-bond donors (Lipinski definition) is 0. The molecular weight excluding hydrogens is 135 g/mol. The summed E-state index contributed by atoms with van der Waals surface area (Å²) in [5, 5.41) is 0. The van der Waals surface area contributed by atoms with E-state index in [4.69, 9.17) is 0 Å². The van der Waals surface area contributed by atoms with Gasteiger partial charge in [-0.2, -0.15) is 0 Å². The van der Waals surface area contributed by atoms with Gasteiger partial charge in [-0.25, -0.2) is 0 Å². The summed E-state index contributed by atoms with van der Waals surface area (Å²) >= 11 is 0. The van der Waals surface area contributed by atoms with E-state index in [1.54, 1.807) is 0 Å². The zero-order valence-corrected chi connectivity index (χ0v) is 6.87. The van der Waals surface area contributed by atoms with Crippen molar-refractivity contribution in [2.24, 2.45) is 0 Å². The molecule has 0 saturated carbocycles. The van der Waals surface area contributed by atoms with Gasteiger partial charge in [-0.1, -0.05) is 37.3 Å². The first-order valence-electron chi connectivity index (χ1n) is 3.81. The molecule has 1 nitrogen and oxygen atoms in total. The topological polar surface area (TPSA) is 17.1 Å². The van der Waals surface area contributed by atoms with E-state index in [0.717, 1.165) is 5.56 Å². The van der Waals surface area contributed by atoms with Crippen LogP contribution >= 0.6 is 0 Å². The lowest BCUT2D eigenvalue weighted by Gasteiger charge is -2.01. The van der Waals surface area contributed by atoms with Crippen LogP contribution in [-0.4, -0.2) is 13.6 Å².